The Labute approximate surface area is 184 Å². The molecule has 2 bridgehead atoms. The Kier molecular flexibility index (Phi) is 5.66. The molecular formula is C22H27NO9. The van der Waals surface area contributed by atoms with Gasteiger partial charge in [-0.05, 0) is 38.1 Å². The topological polar surface area (TPSA) is 157 Å². The Morgan fingerprint density at radius 1 is 1.19 bits per heavy atom. The number of aliphatic hydroxyl groups excluding tert-OH is 3. The van der Waals surface area contributed by atoms with Gasteiger partial charge in [0.05, 0.1) is 7.11 Å². The van der Waals surface area contributed by atoms with Crippen LogP contribution in [0.1, 0.15) is 17.5 Å². The molecule has 0 amide bonds. The van der Waals surface area contributed by atoms with Gasteiger partial charge in [0.15, 0.2) is 23.7 Å². The number of likely N-dealkylation sites (N-methyl/N-ethyl adjacent to an activating group) is 1. The lowest BCUT2D eigenvalue weighted by molar-refractivity contribution is -0.165. The van der Waals surface area contributed by atoms with Gasteiger partial charge in [0, 0.05) is 22.9 Å². The second-order valence-electron chi connectivity index (χ2n) is 8.68. The van der Waals surface area contributed by atoms with Gasteiger partial charge in [-0.2, -0.15) is 0 Å². The molecule has 2 aliphatic carbocycles. The number of rotatable bonds is 4. The standard InChI is InChI=1S/C18H21NO3.C4H6O6/c1-19-8-7-18-11-4-5-13(20)17(18)22-16-14(21-2)6-3-10(15(16)18)9-12(11)19;5-1(3(7)8)2(6)4(9)10/h3-6,11-13,17,20H,7-9H2,1-2H3;1-2,5-6H,(H,7,8)(H,9,10)/t11-,12+,13+,17-,18-;/m0./s1. The number of benzene rings is 1. The molecule has 2 aliphatic heterocycles. The maximum absolute atomic E-state index is 10.6. The van der Waals surface area contributed by atoms with Crippen molar-refractivity contribution in [3.05, 3.63) is 35.4 Å². The molecule has 32 heavy (non-hydrogen) atoms. The number of hydrogen-bond donors (Lipinski definition) is 5. The summed E-state index contributed by atoms with van der Waals surface area (Å²) < 4.78 is 11.8. The van der Waals surface area contributed by atoms with Crippen LogP contribution < -0.4 is 9.47 Å². The van der Waals surface area contributed by atoms with E-state index in [2.05, 4.69) is 24.1 Å². The molecule has 0 aromatic heterocycles. The zero-order chi connectivity index (χ0) is 23.4. The number of ether oxygens (including phenoxy) is 2. The molecule has 2 unspecified atom stereocenters. The van der Waals surface area contributed by atoms with Crippen molar-refractivity contribution >= 4 is 11.9 Å². The van der Waals surface area contributed by atoms with E-state index in [-0.39, 0.29) is 11.5 Å². The van der Waals surface area contributed by atoms with Gasteiger partial charge in [0.25, 0.3) is 0 Å². The first-order valence-corrected chi connectivity index (χ1v) is 10.4. The van der Waals surface area contributed by atoms with Crippen LogP contribution in [0.15, 0.2) is 24.3 Å². The highest BCUT2D eigenvalue weighted by Gasteiger charge is 2.64. The highest BCUT2D eigenvalue weighted by atomic mass is 16.5. The lowest BCUT2D eigenvalue weighted by Crippen LogP contribution is -2.64. The predicted molar refractivity (Wildman–Crippen MR) is 110 cm³/mol. The summed E-state index contributed by atoms with van der Waals surface area (Å²) in [5.41, 5.74) is 2.60. The van der Waals surface area contributed by atoms with E-state index in [1.165, 1.54) is 11.1 Å². The van der Waals surface area contributed by atoms with Gasteiger partial charge in [-0.3, -0.25) is 0 Å². The molecule has 5 rings (SSSR count). The number of carbonyl (C=O) groups is 2. The number of likely N-dealkylation sites (tertiary alicyclic amines) is 1. The maximum Gasteiger partial charge on any atom is 0.335 e. The van der Waals surface area contributed by atoms with Crippen LogP contribution in [0, 0.1) is 5.92 Å². The SMILES string of the molecule is COc1ccc2c3c1O[C@H]1[C@H](O)C=C[C@H]4[C@@H](C2)N(C)CC[C@@]341.O=C(O)C(O)C(O)C(=O)O. The van der Waals surface area contributed by atoms with E-state index in [4.69, 9.17) is 29.9 Å². The Hall–Kier alpha value is -2.66. The van der Waals surface area contributed by atoms with E-state index in [1.54, 1.807) is 7.11 Å². The van der Waals surface area contributed by atoms with Crippen LogP contribution in [0.25, 0.3) is 0 Å². The van der Waals surface area contributed by atoms with E-state index in [1.807, 2.05) is 12.1 Å². The second-order valence-corrected chi connectivity index (χ2v) is 8.68. The first-order chi connectivity index (χ1) is 15.1. The molecule has 0 saturated carbocycles. The van der Waals surface area contributed by atoms with Crippen molar-refractivity contribution in [2.75, 3.05) is 20.7 Å². The fraction of sp³-hybridized carbons (Fsp3) is 0.545. The van der Waals surface area contributed by atoms with Crippen molar-refractivity contribution in [3.63, 3.8) is 0 Å². The number of piperidine rings is 1. The van der Waals surface area contributed by atoms with Gasteiger partial charge in [-0.25, -0.2) is 9.59 Å². The van der Waals surface area contributed by atoms with Crippen molar-refractivity contribution in [2.24, 2.45) is 5.92 Å². The Bertz CT molecular complexity index is 945. The monoisotopic (exact) mass is 449 g/mol. The number of methoxy groups -OCH3 is 1. The Balaban J connectivity index is 0.000000211. The minimum Gasteiger partial charge on any atom is -0.493 e. The van der Waals surface area contributed by atoms with Crippen molar-refractivity contribution in [1.82, 2.24) is 4.90 Å². The zero-order valence-corrected chi connectivity index (χ0v) is 17.7. The summed E-state index contributed by atoms with van der Waals surface area (Å²) >= 11 is 0. The van der Waals surface area contributed by atoms with Gasteiger partial charge >= 0.3 is 11.9 Å². The zero-order valence-electron chi connectivity index (χ0n) is 17.7. The molecule has 2 heterocycles. The molecule has 174 valence electrons. The van der Waals surface area contributed by atoms with Crippen molar-refractivity contribution in [2.45, 2.75) is 48.7 Å². The summed E-state index contributed by atoms with van der Waals surface area (Å²) in [5.74, 6) is -1.45. The van der Waals surface area contributed by atoms with E-state index >= 15 is 0 Å². The highest BCUT2D eigenvalue weighted by Crippen LogP contribution is 2.62. The summed E-state index contributed by atoms with van der Waals surface area (Å²) in [5, 5.41) is 43.1. The number of hydrogen-bond acceptors (Lipinski definition) is 8. The van der Waals surface area contributed by atoms with Gasteiger partial charge in [0.2, 0.25) is 0 Å². The minimum absolute atomic E-state index is 0.0806. The molecule has 10 heteroatoms. The summed E-state index contributed by atoms with van der Waals surface area (Å²) in [4.78, 5) is 22.0. The highest BCUT2D eigenvalue weighted by molar-refractivity contribution is 5.83. The van der Waals surface area contributed by atoms with Gasteiger partial charge in [-0.1, -0.05) is 18.2 Å². The first-order valence-electron chi connectivity index (χ1n) is 10.4. The van der Waals surface area contributed by atoms with E-state index < -0.39 is 30.3 Å². The average molecular weight is 449 g/mol. The number of carboxylic acid groups (broad SMARTS) is 2. The lowest BCUT2D eigenvalue weighted by atomic mass is 9.53. The number of aliphatic carboxylic acids is 2. The van der Waals surface area contributed by atoms with E-state index in [0.717, 1.165) is 30.9 Å². The van der Waals surface area contributed by atoms with Crippen LogP contribution in [-0.2, 0) is 21.4 Å². The Morgan fingerprint density at radius 3 is 2.44 bits per heavy atom. The molecule has 4 aliphatic rings. The Morgan fingerprint density at radius 2 is 1.84 bits per heavy atom. The van der Waals surface area contributed by atoms with Crippen LogP contribution in [0.4, 0.5) is 0 Å². The van der Waals surface area contributed by atoms with E-state index in [9.17, 15) is 14.7 Å². The molecule has 1 aromatic carbocycles. The van der Waals surface area contributed by atoms with E-state index in [0.29, 0.717) is 12.0 Å². The van der Waals surface area contributed by atoms with Gasteiger partial charge in [-0.15, -0.1) is 0 Å². The average Bonchev–Trinajstić information content (AvgIpc) is 3.12. The molecule has 0 radical (unpaired) electrons. The smallest absolute Gasteiger partial charge is 0.335 e. The van der Waals surface area contributed by atoms with Crippen LogP contribution in [0.2, 0.25) is 0 Å². The van der Waals surface area contributed by atoms with Crippen molar-refractivity contribution < 1.29 is 44.6 Å². The van der Waals surface area contributed by atoms with Crippen LogP contribution in [-0.4, -0.2) is 93.5 Å². The predicted octanol–water partition coefficient (Wildman–Crippen LogP) is -0.621. The third-order valence-corrected chi connectivity index (χ3v) is 7.16. The fourth-order valence-corrected chi connectivity index (χ4v) is 5.66. The molecule has 1 saturated heterocycles. The lowest BCUT2D eigenvalue weighted by Gasteiger charge is -2.56. The molecule has 7 atom stereocenters. The number of carboxylic acids is 2. The van der Waals surface area contributed by atoms with Crippen molar-refractivity contribution in [1.29, 1.82) is 0 Å². The molecule has 1 spiro atoms. The minimum atomic E-state index is -2.27. The maximum atomic E-state index is 10.6. The van der Waals surface area contributed by atoms with Crippen molar-refractivity contribution in [3.8, 4) is 11.5 Å². The number of nitrogens with zero attached hydrogens (tertiary/aromatic N) is 1. The third-order valence-electron chi connectivity index (χ3n) is 7.16. The molecule has 5 N–H and O–H groups in total. The second kappa shape index (κ2) is 8.04. The summed E-state index contributed by atoms with van der Waals surface area (Å²) in [6, 6.07) is 4.70. The fourth-order valence-electron chi connectivity index (χ4n) is 5.66. The normalized spacial score (nSPS) is 33.2. The van der Waals surface area contributed by atoms with Gasteiger partial charge in [0.1, 0.15) is 12.2 Å². The van der Waals surface area contributed by atoms with Gasteiger partial charge < -0.3 is 39.9 Å². The largest absolute Gasteiger partial charge is 0.493 e. The van der Waals surface area contributed by atoms with Crippen LogP contribution >= 0.6 is 0 Å². The molecular weight excluding hydrogens is 422 g/mol. The quantitative estimate of drug-likeness (QED) is 0.375. The summed E-state index contributed by atoms with van der Waals surface area (Å²) in [6.45, 7) is 1.05. The first kappa shape index (κ1) is 22.5. The van der Waals surface area contributed by atoms with Crippen LogP contribution in [0.3, 0.4) is 0 Å². The molecule has 10 nitrogen and oxygen atoms in total. The van der Waals surface area contributed by atoms with Crippen LogP contribution in [0.5, 0.6) is 11.5 Å². The molecule has 1 aromatic rings. The molecule has 1 fully saturated rings. The number of aliphatic hydroxyl groups is 3. The summed E-state index contributed by atoms with van der Waals surface area (Å²) in [6.07, 6.45) is 1.00. The summed E-state index contributed by atoms with van der Waals surface area (Å²) in [7, 11) is 3.91. The third kappa shape index (κ3) is 3.17.